The molecule has 0 bridgehead atoms. The van der Waals surface area contributed by atoms with Gasteiger partial charge in [-0.1, -0.05) is 18.2 Å². The van der Waals surface area contributed by atoms with Crippen molar-refractivity contribution >= 4 is 17.3 Å². The fraction of sp³-hybridized carbons (Fsp3) is 0.316. The number of rotatable bonds is 3. The van der Waals surface area contributed by atoms with Gasteiger partial charge in [0.2, 0.25) is 0 Å². The number of benzene rings is 2. The predicted molar refractivity (Wildman–Crippen MR) is 92.7 cm³/mol. The highest BCUT2D eigenvalue weighted by Crippen LogP contribution is 2.29. The first-order chi connectivity index (χ1) is 11.8. The van der Waals surface area contributed by atoms with Crippen LogP contribution >= 0.6 is 0 Å². The van der Waals surface area contributed by atoms with Crippen molar-refractivity contribution in [1.29, 1.82) is 0 Å². The molecule has 0 spiro atoms. The summed E-state index contributed by atoms with van der Waals surface area (Å²) in [5.74, 6) is 0.700. The molecule has 2 aromatic carbocycles. The second kappa shape index (κ2) is 6.53. The number of ether oxygens (including phenoxy) is 2. The van der Waals surface area contributed by atoms with Crippen LogP contribution in [0.5, 0.6) is 5.75 Å². The first kappa shape index (κ1) is 15.0. The topological polar surface area (TPSA) is 50.8 Å². The highest BCUT2D eigenvalue weighted by atomic mass is 16.5. The Morgan fingerprint density at radius 2 is 1.79 bits per heavy atom. The van der Waals surface area contributed by atoms with Crippen LogP contribution in [-0.2, 0) is 16.0 Å². The fourth-order valence-electron chi connectivity index (χ4n) is 3.13. The largest absolute Gasteiger partial charge is 0.480 e. The summed E-state index contributed by atoms with van der Waals surface area (Å²) in [7, 11) is 0. The minimum Gasteiger partial charge on any atom is -0.480 e. The van der Waals surface area contributed by atoms with Crippen LogP contribution in [0.2, 0.25) is 0 Å². The van der Waals surface area contributed by atoms with E-state index in [9.17, 15) is 4.79 Å². The summed E-state index contributed by atoms with van der Waals surface area (Å²) in [5, 5.41) is 2.94. The summed E-state index contributed by atoms with van der Waals surface area (Å²) < 4.78 is 11.1. The number of carbonyl (C=O) groups is 1. The standard InChI is InChI=1S/C19H20N2O3/c22-19(18-13-14-3-1-2-4-17(14)24-18)20-15-5-7-16(8-6-15)21-9-11-23-12-10-21/h1-8,18H,9-13H2,(H,20,22)/t18-/m0/s1. The third-order valence-electron chi connectivity index (χ3n) is 4.45. The normalized spacial score (nSPS) is 19.5. The molecule has 0 aromatic heterocycles. The van der Waals surface area contributed by atoms with Crippen molar-refractivity contribution in [2.45, 2.75) is 12.5 Å². The molecule has 2 heterocycles. The summed E-state index contributed by atoms with van der Waals surface area (Å²) in [6.07, 6.45) is 0.162. The van der Waals surface area contributed by atoms with E-state index in [1.54, 1.807) is 0 Å². The molecule has 1 saturated heterocycles. The third kappa shape index (κ3) is 3.08. The van der Waals surface area contributed by atoms with Crippen molar-refractivity contribution in [2.24, 2.45) is 0 Å². The molecule has 1 atom stereocenters. The van der Waals surface area contributed by atoms with Crippen molar-refractivity contribution < 1.29 is 14.3 Å². The van der Waals surface area contributed by atoms with E-state index in [0.29, 0.717) is 6.42 Å². The molecule has 2 aliphatic rings. The average molecular weight is 324 g/mol. The van der Waals surface area contributed by atoms with Crippen molar-refractivity contribution in [3.8, 4) is 5.75 Å². The predicted octanol–water partition coefficient (Wildman–Crippen LogP) is 2.47. The molecule has 2 aromatic rings. The summed E-state index contributed by atoms with van der Waals surface area (Å²) in [5.41, 5.74) is 3.03. The van der Waals surface area contributed by atoms with E-state index < -0.39 is 6.10 Å². The summed E-state index contributed by atoms with van der Waals surface area (Å²) >= 11 is 0. The highest BCUT2D eigenvalue weighted by molar-refractivity contribution is 5.95. The number of morpholine rings is 1. The van der Waals surface area contributed by atoms with Gasteiger partial charge < -0.3 is 19.7 Å². The molecule has 5 heteroatoms. The molecule has 0 aliphatic carbocycles. The SMILES string of the molecule is O=C(Nc1ccc(N2CCOCC2)cc1)[C@@H]1Cc2ccccc2O1. The number of para-hydroxylation sites is 1. The van der Waals surface area contributed by atoms with Crippen molar-refractivity contribution in [1.82, 2.24) is 0 Å². The lowest BCUT2D eigenvalue weighted by Gasteiger charge is -2.28. The van der Waals surface area contributed by atoms with Gasteiger partial charge in [0.15, 0.2) is 6.10 Å². The van der Waals surface area contributed by atoms with Gasteiger partial charge in [-0.25, -0.2) is 0 Å². The molecule has 1 N–H and O–H groups in total. The lowest BCUT2D eigenvalue weighted by molar-refractivity contribution is -0.122. The van der Waals surface area contributed by atoms with Gasteiger partial charge in [-0.2, -0.15) is 0 Å². The van der Waals surface area contributed by atoms with Crippen molar-refractivity contribution in [2.75, 3.05) is 36.5 Å². The monoisotopic (exact) mass is 324 g/mol. The summed E-state index contributed by atoms with van der Waals surface area (Å²) in [4.78, 5) is 14.7. The molecular weight excluding hydrogens is 304 g/mol. The van der Waals surface area contributed by atoms with Gasteiger partial charge in [0.25, 0.3) is 5.91 Å². The highest BCUT2D eigenvalue weighted by Gasteiger charge is 2.28. The van der Waals surface area contributed by atoms with Gasteiger partial charge in [0, 0.05) is 30.9 Å². The molecule has 24 heavy (non-hydrogen) atoms. The van der Waals surface area contributed by atoms with Crippen LogP contribution in [0.1, 0.15) is 5.56 Å². The Bertz CT molecular complexity index is 699. The van der Waals surface area contributed by atoms with E-state index in [1.165, 1.54) is 0 Å². The van der Waals surface area contributed by atoms with Crippen LogP contribution in [0.15, 0.2) is 48.5 Å². The molecule has 4 rings (SSSR count). The van der Waals surface area contributed by atoms with Crippen molar-refractivity contribution in [3.63, 3.8) is 0 Å². The molecule has 124 valence electrons. The van der Waals surface area contributed by atoms with E-state index in [4.69, 9.17) is 9.47 Å². The summed E-state index contributed by atoms with van der Waals surface area (Å²) in [6.45, 7) is 3.33. The second-order valence-electron chi connectivity index (χ2n) is 6.05. The van der Waals surface area contributed by atoms with Gasteiger partial charge in [0.1, 0.15) is 5.75 Å². The molecule has 1 fully saturated rings. The van der Waals surface area contributed by atoms with E-state index in [1.807, 2.05) is 48.5 Å². The van der Waals surface area contributed by atoms with E-state index in [0.717, 1.165) is 49.0 Å². The molecular formula is C19H20N2O3. The number of nitrogens with one attached hydrogen (secondary N) is 1. The third-order valence-corrected chi connectivity index (χ3v) is 4.45. The summed E-state index contributed by atoms with van der Waals surface area (Å²) in [6, 6.07) is 15.7. The number of anilines is 2. The Morgan fingerprint density at radius 1 is 1.04 bits per heavy atom. The number of hydrogen-bond acceptors (Lipinski definition) is 4. The number of hydrogen-bond donors (Lipinski definition) is 1. The number of nitrogens with zero attached hydrogens (tertiary/aromatic N) is 1. The van der Waals surface area contributed by atoms with E-state index in [-0.39, 0.29) is 5.91 Å². The zero-order valence-corrected chi connectivity index (χ0v) is 13.4. The molecule has 1 amide bonds. The Morgan fingerprint density at radius 3 is 2.54 bits per heavy atom. The number of carbonyl (C=O) groups excluding carboxylic acids is 1. The quantitative estimate of drug-likeness (QED) is 0.942. The first-order valence-electron chi connectivity index (χ1n) is 8.28. The minimum atomic E-state index is -0.457. The van der Waals surface area contributed by atoms with Gasteiger partial charge in [-0.15, -0.1) is 0 Å². The molecule has 0 radical (unpaired) electrons. The van der Waals surface area contributed by atoms with Gasteiger partial charge >= 0.3 is 0 Å². The van der Waals surface area contributed by atoms with Gasteiger partial charge in [-0.05, 0) is 35.9 Å². The zero-order valence-electron chi connectivity index (χ0n) is 13.4. The Kier molecular flexibility index (Phi) is 4.09. The van der Waals surface area contributed by atoms with Gasteiger partial charge in [-0.3, -0.25) is 4.79 Å². The lowest BCUT2D eigenvalue weighted by Crippen LogP contribution is -2.36. The van der Waals surface area contributed by atoms with E-state index in [2.05, 4.69) is 10.2 Å². The Labute approximate surface area is 141 Å². The zero-order chi connectivity index (χ0) is 16.4. The maximum absolute atomic E-state index is 12.4. The maximum Gasteiger partial charge on any atom is 0.265 e. The second-order valence-corrected chi connectivity index (χ2v) is 6.05. The lowest BCUT2D eigenvalue weighted by atomic mass is 10.1. The van der Waals surface area contributed by atoms with Crippen LogP contribution in [0.25, 0.3) is 0 Å². The van der Waals surface area contributed by atoms with Gasteiger partial charge in [0.05, 0.1) is 13.2 Å². The minimum absolute atomic E-state index is 0.106. The first-order valence-corrected chi connectivity index (χ1v) is 8.28. The Balaban J connectivity index is 1.38. The smallest absolute Gasteiger partial charge is 0.265 e. The van der Waals surface area contributed by atoms with Crippen LogP contribution < -0.4 is 15.0 Å². The maximum atomic E-state index is 12.4. The molecule has 0 saturated carbocycles. The van der Waals surface area contributed by atoms with Crippen LogP contribution in [0, 0.1) is 0 Å². The van der Waals surface area contributed by atoms with E-state index >= 15 is 0 Å². The molecule has 2 aliphatic heterocycles. The van der Waals surface area contributed by atoms with Crippen molar-refractivity contribution in [3.05, 3.63) is 54.1 Å². The van der Waals surface area contributed by atoms with Crippen LogP contribution in [0.3, 0.4) is 0 Å². The average Bonchev–Trinajstić information content (AvgIpc) is 3.07. The van der Waals surface area contributed by atoms with Crippen LogP contribution in [-0.4, -0.2) is 38.3 Å². The molecule has 5 nitrogen and oxygen atoms in total. The molecule has 0 unspecified atom stereocenters. The Hall–Kier alpha value is -2.53. The number of fused-ring (bicyclic) bond motifs is 1. The van der Waals surface area contributed by atoms with Crippen LogP contribution in [0.4, 0.5) is 11.4 Å². The number of amides is 1. The fourth-order valence-corrected chi connectivity index (χ4v) is 3.13.